The number of carbonyl (C=O) groups excluding carboxylic acids is 1. The highest BCUT2D eigenvalue weighted by molar-refractivity contribution is 7.99. The van der Waals surface area contributed by atoms with Gasteiger partial charge in [-0.1, -0.05) is 66.4 Å². The lowest BCUT2D eigenvalue weighted by Crippen LogP contribution is -2.15. The van der Waals surface area contributed by atoms with E-state index in [9.17, 15) is 4.79 Å². The summed E-state index contributed by atoms with van der Waals surface area (Å²) >= 11 is 1.37. The Morgan fingerprint density at radius 2 is 1.69 bits per heavy atom. The van der Waals surface area contributed by atoms with Gasteiger partial charge in [-0.25, -0.2) is 0 Å². The third kappa shape index (κ3) is 5.00. The smallest absolute Gasteiger partial charge is 0.234 e. The first-order valence-electron chi connectivity index (χ1n) is 10.4. The number of nitrogens with one attached hydrogen (secondary N) is 1. The number of nitrogens with zero attached hydrogens (tertiary/aromatic N) is 3. The summed E-state index contributed by atoms with van der Waals surface area (Å²) in [6, 6.07) is 25.0. The molecule has 1 amide bonds. The molecule has 7 heteroatoms. The third-order valence-electron chi connectivity index (χ3n) is 4.88. The first kappa shape index (κ1) is 21.6. The summed E-state index contributed by atoms with van der Waals surface area (Å²) in [6.07, 6.45) is 0. The Labute approximate surface area is 191 Å². The van der Waals surface area contributed by atoms with Crippen LogP contribution in [0.5, 0.6) is 11.5 Å². The van der Waals surface area contributed by atoms with E-state index in [1.165, 1.54) is 11.8 Å². The van der Waals surface area contributed by atoms with E-state index in [-0.39, 0.29) is 11.7 Å². The van der Waals surface area contributed by atoms with Crippen molar-refractivity contribution >= 4 is 23.4 Å². The Morgan fingerprint density at radius 3 is 2.47 bits per heavy atom. The van der Waals surface area contributed by atoms with Gasteiger partial charge in [-0.3, -0.25) is 4.79 Å². The second kappa shape index (κ2) is 10.2. The lowest BCUT2D eigenvalue weighted by atomic mass is 10.1. The molecule has 0 bridgehead atoms. The Morgan fingerprint density at radius 1 is 0.969 bits per heavy atom. The van der Waals surface area contributed by atoms with Crippen LogP contribution in [0.1, 0.15) is 12.5 Å². The van der Waals surface area contributed by atoms with Crippen LogP contribution < -0.4 is 10.1 Å². The lowest BCUT2D eigenvalue weighted by molar-refractivity contribution is -0.113. The molecule has 3 aromatic carbocycles. The zero-order valence-electron chi connectivity index (χ0n) is 18.0. The molecule has 32 heavy (non-hydrogen) atoms. The number of para-hydroxylation sites is 3. The van der Waals surface area contributed by atoms with Gasteiger partial charge in [0.25, 0.3) is 0 Å². The van der Waals surface area contributed by atoms with Crippen LogP contribution in [0.15, 0.2) is 84.0 Å². The van der Waals surface area contributed by atoms with E-state index < -0.39 is 0 Å². The number of hydrogen-bond acceptors (Lipinski definition) is 5. The highest BCUT2D eigenvalue weighted by Gasteiger charge is 2.16. The Hall–Kier alpha value is -3.58. The van der Waals surface area contributed by atoms with Crippen molar-refractivity contribution < 1.29 is 9.53 Å². The minimum Gasteiger partial charge on any atom is -0.455 e. The van der Waals surface area contributed by atoms with Gasteiger partial charge in [-0.05, 0) is 43.7 Å². The van der Waals surface area contributed by atoms with Gasteiger partial charge in [0.15, 0.2) is 16.7 Å². The zero-order chi connectivity index (χ0) is 22.3. The van der Waals surface area contributed by atoms with Crippen LogP contribution in [0, 0.1) is 6.92 Å². The first-order chi connectivity index (χ1) is 15.7. The molecule has 4 aromatic rings. The van der Waals surface area contributed by atoms with Gasteiger partial charge in [0.2, 0.25) is 5.91 Å². The van der Waals surface area contributed by atoms with Crippen molar-refractivity contribution in [3.05, 3.63) is 84.4 Å². The SMILES string of the molecule is CCn1c(SCC(=O)Nc2ccccc2Oc2ccccc2)nnc1-c1ccccc1C. The molecule has 1 aromatic heterocycles. The molecule has 0 unspecified atom stereocenters. The Balaban J connectivity index is 1.44. The van der Waals surface area contributed by atoms with Gasteiger partial charge in [0.1, 0.15) is 5.75 Å². The highest BCUT2D eigenvalue weighted by atomic mass is 32.2. The summed E-state index contributed by atoms with van der Waals surface area (Å²) in [5, 5.41) is 12.4. The Bertz CT molecular complexity index is 1210. The van der Waals surface area contributed by atoms with Crippen molar-refractivity contribution in [3.63, 3.8) is 0 Å². The summed E-state index contributed by atoms with van der Waals surface area (Å²) in [6.45, 7) is 4.82. The van der Waals surface area contributed by atoms with Crippen molar-refractivity contribution in [3.8, 4) is 22.9 Å². The molecule has 0 radical (unpaired) electrons. The standard InChI is InChI=1S/C25H24N4O2S/c1-3-29-24(20-14-8-7-11-18(20)2)27-28-25(29)32-17-23(30)26-21-15-9-10-16-22(21)31-19-12-5-4-6-13-19/h4-16H,3,17H2,1-2H3,(H,26,30). The first-order valence-corrected chi connectivity index (χ1v) is 11.4. The van der Waals surface area contributed by atoms with Crippen LogP contribution >= 0.6 is 11.8 Å². The maximum absolute atomic E-state index is 12.7. The van der Waals surface area contributed by atoms with Gasteiger partial charge in [0.05, 0.1) is 11.4 Å². The number of rotatable bonds is 8. The van der Waals surface area contributed by atoms with Crippen LogP contribution in [0.2, 0.25) is 0 Å². The highest BCUT2D eigenvalue weighted by Crippen LogP contribution is 2.30. The number of ether oxygens (including phenoxy) is 1. The van der Waals surface area contributed by atoms with Crippen LogP contribution in [0.4, 0.5) is 5.69 Å². The predicted octanol–water partition coefficient (Wildman–Crippen LogP) is 5.80. The second-order valence-corrected chi connectivity index (χ2v) is 8.06. The quantitative estimate of drug-likeness (QED) is 0.348. The average Bonchev–Trinajstić information content (AvgIpc) is 3.22. The van der Waals surface area contributed by atoms with E-state index in [2.05, 4.69) is 28.5 Å². The molecule has 0 saturated carbocycles. The number of aryl methyl sites for hydroxylation is 1. The molecule has 0 aliphatic rings. The van der Waals surface area contributed by atoms with Gasteiger partial charge >= 0.3 is 0 Å². The molecule has 1 heterocycles. The van der Waals surface area contributed by atoms with Gasteiger partial charge in [-0.2, -0.15) is 0 Å². The number of thioether (sulfide) groups is 1. The molecule has 0 fully saturated rings. The van der Waals surface area contributed by atoms with Crippen molar-refractivity contribution in [1.29, 1.82) is 0 Å². The van der Waals surface area contributed by atoms with Crippen LogP contribution in [-0.4, -0.2) is 26.4 Å². The van der Waals surface area contributed by atoms with E-state index in [1.54, 1.807) is 0 Å². The minimum atomic E-state index is -0.137. The number of carbonyl (C=O) groups is 1. The fourth-order valence-corrected chi connectivity index (χ4v) is 4.10. The van der Waals surface area contributed by atoms with Gasteiger partial charge in [0, 0.05) is 12.1 Å². The van der Waals surface area contributed by atoms with Crippen molar-refractivity contribution in [2.45, 2.75) is 25.5 Å². The molecule has 1 N–H and O–H groups in total. The molecule has 0 saturated heterocycles. The Kier molecular flexibility index (Phi) is 6.87. The summed E-state index contributed by atoms with van der Waals surface area (Å²) in [4.78, 5) is 12.7. The number of anilines is 1. The lowest BCUT2D eigenvalue weighted by Gasteiger charge is -2.12. The number of benzene rings is 3. The average molecular weight is 445 g/mol. The maximum Gasteiger partial charge on any atom is 0.234 e. The molecular weight excluding hydrogens is 420 g/mol. The molecule has 4 rings (SSSR count). The van der Waals surface area contributed by atoms with E-state index >= 15 is 0 Å². The topological polar surface area (TPSA) is 69.0 Å². The van der Waals surface area contributed by atoms with Crippen molar-refractivity contribution in [2.24, 2.45) is 0 Å². The fraction of sp³-hybridized carbons (Fsp3) is 0.160. The summed E-state index contributed by atoms with van der Waals surface area (Å²) in [5.74, 6) is 2.20. The summed E-state index contributed by atoms with van der Waals surface area (Å²) < 4.78 is 7.96. The van der Waals surface area contributed by atoms with Crippen LogP contribution in [0.25, 0.3) is 11.4 Å². The number of amides is 1. The molecule has 0 atom stereocenters. The predicted molar refractivity (Wildman–Crippen MR) is 128 cm³/mol. The molecule has 0 spiro atoms. The second-order valence-electron chi connectivity index (χ2n) is 7.11. The number of hydrogen-bond donors (Lipinski definition) is 1. The molecular formula is C25H24N4O2S. The van der Waals surface area contributed by atoms with E-state index in [1.807, 2.05) is 84.3 Å². The van der Waals surface area contributed by atoms with E-state index in [0.29, 0.717) is 23.7 Å². The van der Waals surface area contributed by atoms with Gasteiger partial charge in [-0.15, -0.1) is 10.2 Å². The fourth-order valence-electron chi connectivity index (χ4n) is 3.29. The summed E-state index contributed by atoms with van der Waals surface area (Å²) in [5.41, 5.74) is 2.81. The van der Waals surface area contributed by atoms with Crippen molar-refractivity contribution in [2.75, 3.05) is 11.1 Å². The maximum atomic E-state index is 12.7. The van der Waals surface area contributed by atoms with Gasteiger partial charge < -0.3 is 14.6 Å². The van der Waals surface area contributed by atoms with Crippen molar-refractivity contribution in [1.82, 2.24) is 14.8 Å². The van der Waals surface area contributed by atoms with E-state index in [4.69, 9.17) is 4.74 Å². The largest absolute Gasteiger partial charge is 0.455 e. The summed E-state index contributed by atoms with van der Waals surface area (Å²) in [7, 11) is 0. The normalized spacial score (nSPS) is 10.7. The van der Waals surface area contributed by atoms with Crippen LogP contribution in [0.3, 0.4) is 0 Å². The number of aromatic nitrogens is 3. The third-order valence-corrected chi connectivity index (χ3v) is 5.85. The molecule has 0 aliphatic heterocycles. The zero-order valence-corrected chi connectivity index (χ0v) is 18.8. The molecule has 162 valence electrons. The van der Waals surface area contributed by atoms with Crippen LogP contribution in [-0.2, 0) is 11.3 Å². The molecule has 6 nitrogen and oxygen atoms in total. The monoisotopic (exact) mass is 444 g/mol. The van der Waals surface area contributed by atoms with E-state index in [0.717, 1.165) is 22.1 Å². The molecule has 0 aliphatic carbocycles. The minimum absolute atomic E-state index is 0.137.